The van der Waals surface area contributed by atoms with Crippen molar-refractivity contribution in [3.05, 3.63) is 78.4 Å². The van der Waals surface area contributed by atoms with E-state index in [1.54, 1.807) is 55.6 Å². The van der Waals surface area contributed by atoms with Gasteiger partial charge in [-0.15, -0.1) is 0 Å². The maximum absolute atomic E-state index is 13.6. The second kappa shape index (κ2) is 10.1. The van der Waals surface area contributed by atoms with E-state index < -0.39 is 28.1 Å². The van der Waals surface area contributed by atoms with Crippen molar-refractivity contribution in [3.8, 4) is 17.2 Å². The summed E-state index contributed by atoms with van der Waals surface area (Å²) in [5, 5.41) is 3.02. The summed E-state index contributed by atoms with van der Waals surface area (Å²) in [4.78, 5) is 13.4. The molecular formula is C27H30N2O6S. The number of fused-ring (bicyclic) bond motifs is 1. The molecule has 0 spiro atoms. The highest BCUT2D eigenvalue weighted by atomic mass is 32.2. The smallest absolute Gasteiger partial charge is 0.264 e. The van der Waals surface area contributed by atoms with E-state index in [0.717, 1.165) is 9.87 Å². The van der Waals surface area contributed by atoms with Crippen molar-refractivity contribution in [2.75, 3.05) is 25.1 Å². The third-order valence-electron chi connectivity index (χ3n) is 5.97. The van der Waals surface area contributed by atoms with E-state index in [-0.39, 0.29) is 10.9 Å². The Labute approximate surface area is 211 Å². The highest BCUT2D eigenvalue weighted by Gasteiger charge is 2.36. The van der Waals surface area contributed by atoms with E-state index in [1.807, 2.05) is 26.0 Å². The van der Waals surface area contributed by atoms with Crippen LogP contribution in [-0.4, -0.2) is 40.7 Å². The number of nitrogens with zero attached hydrogens (tertiary/aromatic N) is 1. The molecular weight excluding hydrogens is 480 g/mol. The molecule has 1 aliphatic heterocycles. The number of amides is 1. The lowest BCUT2D eigenvalue weighted by atomic mass is 9.89. The highest BCUT2D eigenvalue weighted by Crippen LogP contribution is 2.41. The summed E-state index contributed by atoms with van der Waals surface area (Å²) in [6.07, 6.45) is 0.517. The van der Waals surface area contributed by atoms with E-state index in [4.69, 9.17) is 14.2 Å². The van der Waals surface area contributed by atoms with Gasteiger partial charge >= 0.3 is 0 Å². The number of benzene rings is 3. The van der Waals surface area contributed by atoms with Gasteiger partial charge in [0.2, 0.25) is 5.91 Å². The topological polar surface area (TPSA) is 94.2 Å². The van der Waals surface area contributed by atoms with Crippen molar-refractivity contribution >= 4 is 21.6 Å². The zero-order chi connectivity index (χ0) is 25.9. The standard InChI is InChI=1S/C27H30N2O6S/c1-27(2)17-24(23-14-13-21(34-4)16-25(23)35-27)28-26(30)18-29(19-9-8-10-20(15-19)33-3)36(31,32)22-11-6-5-7-12-22/h5-16,24H,17-18H2,1-4H3,(H,28,30). The molecule has 9 heteroatoms. The molecule has 0 saturated heterocycles. The van der Waals surface area contributed by atoms with Crippen molar-refractivity contribution in [1.82, 2.24) is 5.32 Å². The van der Waals surface area contributed by atoms with E-state index in [9.17, 15) is 13.2 Å². The highest BCUT2D eigenvalue weighted by molar-refractivity contribution is 7.92. The number of ether oxygens (including phenoxy) is 3. The first-order valence-corrected chi connectivity index (χ1v) is 12.9. The first kappa shape index (κ1) is 25.4. The minimum atomic E-state index is -4.03. The average Bonchev–Trinajstić information content (AvgIpc) is 2.86. The number of nitrogens with one attached hydrogen (secondary N) is 1. The summed E-state index contributed by atoms with van der Waals surface area (Å²) >= 11 is 0. The maximum atomic E-state index is 13.6. The van der Waals surface area contributed by atoms with Crippen LogP contribution < -0.4 is 23.8 Å². The van der Waals surface area contributed by atoms with Gasteiger partial charge in [0.1, 0.15) is 29.4 Å². The third kappa shape index (κ3) is 5.41. The minimum Gasteiger partial charge on any atom is -0.497 e. The first-order chi connectivity index (χ1) is 17.1. The molecule has 0 radical (unpaired) electrons. The van der Waals surface area contributed by atoms with Crippen LogP contribution in [-0.2, 0) is 14.8 Å². The number of methoxy groups -OCH3 is 2. The summed E-state index contributed by atoms with van der Waals surface area (Å²) in [7, 11) is -0.952. The number of rotatable bonds is 8. The Balaban J connectivity index is 1.65. The number of anilines is 1. The molecule has 0 aliphatic carbocycles. The Kier molecular flexibility index (Phi) is 7.12. The molecule has 8 nitrogen and oxygen atoms in total. The average molecular weight is 511 g/mol. The maximum Gasteiger partial charge on any atom is 0.264 e. The van der Waals surface area contributed by atoms with Gasteiger partial charge in [0, 0.05) is 24.1 Å². The zero-order valence-electron chi connectivity index (χ0n) is 20.7. The predicted octanol–water partition coefficient (Wildman–Crippen LogP) is 4.32. The van der Waals surface area contributed by atoms with Crippen LogP contribution >= 0.6 is 0 Å². The number of hydrogen-bond donors (Lipinski definition) is 1. The summed E-state index contributed by atoms with van der Waals surface area (Å²) in [5.41, 5.74) is 0.591. The Morgan fingerprint density at radius 2 is 1.69 bits per heavy atom. The lowest BCUT2D eigenvalue weighted by molar-refractivity contribution is -0.120. The number of carbonyl (C=O) groups is 1. The van der Waals surface area contributed by atoms with Crippen molar-refractivity contribution < 1.29 is 27.4 Å². The third-order valence-corrected chi connectivity index (χ3v) is 7.76. The van der Waals surface area contributed by atoms with Crippen molar-refractivity contribution in [2.45, 2.75) is 36.8 Å². The molecule has 4 rings (SSSR count). The Morgan fingerprint density at radius 1 is 1.00 bits per heavy atom. The van der Waals surface area contributed by atoms with Crippen molar-refractivity contribution in [3.63, 3.8) is 0 Å². The van der Waals surface area contributed by atoms with Gasteiger partial charge in [-0.2, -0.15) is 0 Å². The van der Waals surface area contributed by atoms with Crippen molar-refractivity contribution in [1.29, 1.82) is 0 Å². The molecule has 0 bridgehead atoms. The van der Waals surface area contributed by atoms with Crippen LogP contribution in [0.3, 0.4) is 0 Å². The molecule has 0 aromatic heterocycles. The molecule has 3 aromatic rings. The molecule has 1 unspecified atom stereocenters. The van der Waals surface area contributed by atoms with Gasteiger partial charge in [-0.3, -0.25) is 9.10 Å². The number of sulfonamides is 1. The Hall–Kier alpha value is -3.72. The van der Waals surface area contributed by atoms with Gasteiger partial charge in [0.15, 0.2) is 0 Å². The molecule has 1 N–H and O–H groups in total. The fourth-order valence-electron chi connectivity index (χ4n) is 4.26. The van der Waals surface area contributed by atoms with Crippen LogP contribution in [0.2, 0.25) is 0 Å². The number of hydrogen-bond acceptors (Lipinski definition) is 6. The second-order valence-electron chi connectivity index (χ2n) is 9.12. The Bertz CT molecular complexity index is 1340. The minimum absolute atomic E-state index is 0.0882. The Morgan fingerprint density at radius 3 is 2.39 bits per heavy atom. The van der Waals surface area contributed by atoms with Crippen molar-refractivity contribution in [2.24, 2.45) is 0 Å². The van der Waals surface area contributed by atoms with E-state index in [0.29, 0.717) is 29.4 Å². The van der Waals surface area contributed by atoms with Crippen LogP contribution in [0.1, 0.15) is 31.9 Å². The SMILES string of the molecule is COc1cccc(N(CC(=O)NC2CC(C)(C)Oc3cc(OC)ccc32)S(=O)(=O)c2ccccc2)c1. The summed E-state index contributed by atoms with van der Waals surface area (Å²) < 4.78 is 45.0. The molecule has 3 aromatic carbocycles. The predicted molar refractivity (Wildman–Crippen MR) is 137 cm³/mol. The largest absolute Gasteiger partial charge is 0.497 e. The molecule has 1 aliphatic rings. The molecule has 1 atom stereocenters. The first-order valence-electron chi connectivity index (χ1n) is 11.5. The van der Waals surface area contributed by atoms with Gasteiger partial charge in [0.25, 0.3) is 10.0 Å². The monoisotopic (exact) mass is 510 g/mol. The van der Waals surface area contributed by atoms with Crippen LogP contribution in [0.25, 0.3) is 0 Å². The normalized spacial score (nSPS) is 16.3. The molecule has 0 saturated carbocycles. The van der Waals surface area contributed by atoms with Crippen LogP contribution in [0.5, 0.6) is 17.2 Å². The second-order valence-corrected chi connectivity index (χ2v) is 11.0. The lowest BCUT2D eigenvalue weighted by Crippen LogP contribution is -2.45. The fraction of sp³-hybridized carbons (Fsp3) is 0.296. The van der Waals surface area contributed by atoms with E-state index in [2.05, 4.69) is 5.32 Å². The summed E-state index contributed by atoms with van der Waals surface area (Å²) in [6, 6.07) is 19.7. The number of carbonyl (C=O) groups excluding carboxylic acids is 1. The lowest BCUT2D eigenvalue weighted by Gasteiger charge is -2.38. The van der Waals surface area contributed by atoms with Gasteiger partial charge in [-0.05, 0) is 50.2 Å². The molecule has 190 valence electrons. The molecule has 1 amide bonds. The fourth-order valence-corrected chi connectivity index (χ4v) is 5.69. The van der Waals surface area contributed by atoms with Crippen LogP contribution in [0, 0.1) is 0 Å². The zero-order valence-corrected chi connectivity index (χ0v) is 21.5. The van der Waals surface area contributed by atoms with Gasteiger partial charge in [-0.25, -0.2) is 8.42 Å². The quantitative estimate of drug-likeness (QED) is 0.485. The molecule has 1 heterocycles. The molecule has 0 fully saturated rings. The van der Waals surface area contributed by atoms with Gasteiger partial charge in [-0.1, -0.05) is 24.3 Å². The van der Waals surface area contributed by atoms with Crippen LogP contribution in [0.15, 0.2) is 77.7 Å². The summed E-state index contributed by atoms with van der Waals surface area (Å²) in [5.74, 6) is 1.31. The van der Waals surface area contributed by atoms with E-state index >= 15 is 0 Å². The summed E-state index contributed by atoms with van der Waals surface area (Å²) in [6.45, 7) is 3.47. The van der Waals surface area contributed by atoms with Gasteiger partial charge < -0.3 is 19.5 Å². The molecule has 36 heavy (non-hydrogen) atoms. The van der Waals surface area contributed by atoms with E-state index in [1.165, 1.54) is 19.2 Å². The van der Waals surface area contributed by atoms with Crippen LogP contribution in [0.4, 0.5) is 5.69 Å². The van der Waals surface area contributed by atoms with Gasteiger partial charge in [0.05, 0.1) is 30.8 Å².